The molecule has 16 heavy (non-hydrogen) atoms. The Bertz CT molecular complexity index is 391. The van der Waals surface area contributed by atoms with Gasteiger partial charge in [0.25, 0.3) is 0 Å². The van der Waals surface area contributed by atoms with Crippen LogP contribution in [0, 0.1) is 6.92 Å². The van der Waals surface area contributed by atoms with Crippen molar-refractivity contribution in [3.8, 4) is 11.5 Å². The second-order valence-corrected chi connectivity index (χ2v) is 3.34. The lowest BCUT2D eigenvalue weighted by molar-refractivity contribution is -0.116. The van der Waals surface area contributed by atoms with E-state index in [2.05, 4.69) is 5.32 Å². The average molecular weight is 224 g/mol. The number of nitrogens with two attached hydrogens (primary N) is 1. The van der Waals surface area contributed by atoms with Crippen LogP contribution in [0.2, 0.25) is 0 Å². The molecule has 0 aliphatic carbocycles. The van der Waals surface area contributed by atoms with Crippen LogP contribution >= 0.6 is 0 Å². The minimum Gasteiger partial charge on any atom is -0.493 e. The number of anilines is 1. The Balaban J connectivity index is 2.96. The first kappa shape index (κ1) is 12.2. The van der Waals surface area contributed by atoms with Crippen LogP contribution in [0.3, 0.4) is 0 Å². The number of primary amides is 1. The molecule has 3 N–H and O–H groups in total. The highest BCUT2D eigenvalue weighted by atomic mass is 16.5. The van der Waals surface area contributed by atoms with Crippen molar-refractivity contribution in [2.24, 2.45) is 5.73 Å². The molecule has 0 unspecified atom stereocenters. The van der Waals surface area contributed by atoms with E-state index in [0.29, 0.717) is 11.5 Å². The molecular weight excluding hydrogens is 208 g/mol. The number of benzene rings is 1. The van der Waals surface area contributed by atoms with Crippen molar-refractivity contribution in [2.75, 3.05) is 26.1 Å². The maximum Gasteiger partial charge on any atom is 0.236 e. The Morgan fingerprint density at radius 2 is 1.88 bits per heavy atom. The minimum absolute atomic E-state index is 0.0936. The van der Waals surface area contributed by atoms with Crippen LogP contribution in [0.15, 0.2) is 12.1 Å². The molecule has 0 fully saturated rings. The van der Waals surface area contributed by atoms with E-state index in [1.807, 2.05) is 13.0 Å². The fraction of sp³-hybridized carbons (Fsp3) is 0.364. The number of carbonyl (C=O) groups excluding carboxylic acids is 1. The van der Waals surface area contributed by atoms with Crippen LogP contribution in [0.25, 0.3) is 0 Å². The Labute approximate surface area is 94.5 Å². The summed E-state index contributed by atoms with van der Waals surface area (Å²) in [5.41, 5.74) is 6.82. The minimum atomic E-state index is -0.408. The SMILES string of the molecule is COc1cc(C)c(NCC(N)=O)cc1OC. The molecule has 1 amide bonds. The summed E-state index contributed by atoms with van der Waals surface area (Å²) in [7, 11) is 3.14. The molecule has 0 aliphatic rings. The van der Waals surface area contributed by atoms with E-state index in [1.54, 1.807) is 20.3 Å². The molecule has 0 saturated heterocycles. The molecule has 5 heteroatoms. The zero-order chi connectivity index (χ0) is 12.1. The molecule has 0 atom stereocenters. The van der Waals surface area contributed by atoms with Crippen LogP contribution in [-0.2, 0) is 4.79 Å². The van der Waals surface area contributed by atoms with E-state index < -0.39 is 5.91 Å². The summed E-state index contributed by atoms with van der Waals surface area (Å²) in [5, 5.41) is 2.93. The van der Waals surface area contributed by atoms with Gasteiger partial charge in [-0.3, -0.25) is 4.79 Å². The molecule has 0 saturated carbocycles. The molecular formula is C11H16N2O3. The van der Waals surface area contributed by atoms with E-state index in [9.17, 15) is 4.79 Å². The van der Waals surface area contributed by atoms with E-state index in [4.69, 9.17) is 15.2 Å². The number of ether oxygens (including phenoxy) is 2. The van der Waals surface area contributed by atoms with Crippen molar-refractivity contribution in [1.82, 2.24) is 0 Å². The second-order valence-electron chi connectivity index (χ2n) is 3.34. The summed E-state index contributed by atoms with van der Waals surface area (Å²) in [6.07, 6.45) is 0. The normalized spacial score (nSPS) is 9.69. The number of carbonyl (C=O) groups is 1. The van der Waals surface area contributed by atoms with Crippen LogP contribution < -0.4 is 20.5 Å². The number of hydrogen-bond acceptors (Lipinski definition) is 4. The van der Waals surface area contributed by atoms with Gasteiger partial charge in [-0.2, -0.15) is 0 Å². The molecule has 0 spiro atoms. The van der Waals surface area contributed by atoms with Gasteiger partial charge >= 0.3 is 0 Å². The lowest BCUT2D eigenvalue weighted by atomic mass is 10.1. The third-order valence-corrected chi connectivity index (χ3v) is 2.18. The third-order valence-electron chi connectivity index (χ3n) is 2.18. The predicted molar refractivity (Wildman–Crippen MR) is 62.0 cm³/mol. The maximum atomic E-state index is 10.7. The number of hydrogen-bond donors (Lipinski definition) is 2. The quantitative estimate of drug-likeness (QED) is 0.779. The van der Waals surface area contributed by atoms with Gasteiger partial charge in [0.1, 0.15) is 0 Å². The zero-order valence-corrected chi connectivity index (χ0v) is 9.66. The molecule has 0 heterocycles. The Morgan fingerprint density at radius 1 is 1.31 bits per heavy atom. The number of nitrogens with one attached hydrogen (secondary N) is 1. The van der Waals surface area contributed by atoms with Gasteiger partial charge in [0.2, 0.25) is 5.91 Å². The number of rotatable bonds is 5. The molecule has 0 aromatic heterocycles. The van der Waals surface area contributed by atoms with Crippen molar-refractivity contribution in [1.29, 1.82) is 0 Å². The zero-order valence-electron chi connectivity index (χ0n) is 9.66. The van der Waals surface area contributed by atoms with Crippen LogP contribution in [0.5, 0.6) is 11.5 Å². The largest absolute Gasteiger partial charge is 0.493 e. The molecule has 5 nitrogen and oxygen atoms in total. The first-order valence-electron chi connectivity index (χ1n) is 4.83. The molecule has 1 aromatic rings. The van der Waals surface area contributed by atoms with E-state index in [0.717, 1.165) is 11.3 Å². The van der Waals surface area contributed by atoms with Gasteiger partial charge in [-0.15, -0.1) is 0 Å². The molecule has 0 radical (unpaired) electrons. The molecule has 1 aromatic carbocycles. The van der Waals surface area contributed by atoms with Crippen LogP contribution in [0.1, 0.15) is 5.56 Å². The fourth-order valence-electron chi connectivity index (χ4n) is 1.35. The topological polar surface area (TPSA) is 73.6 Å². The lowest BCUT2D eigenvalue weighted by Crippen LogP contribution is -2.22. The molecule has 0 bridgehead atoms. The lowest BCUT2D eigenvalue weighted by Gasteiger charge is -2.13. The number of methoxy groups -OCH3 is 2. The summed E-state index contributed by atoms with van der Waals surface area (Å²) in [6.45, 7) is 2.00. The number of amides is 1. The molecule has 1 rings (SSSR count). The van der Waals surface area contributed by atoms with Gasteiger partial charge in [0.15, 0.2) is 11.5 Å². The van der Waals surface area contributed by atoms with Crippen molar-refractivity contribution in [3.63, 3.8) is 0 Å². The van der Waals surface area contributed by atoms with Crippen molar-refractivity contribution >= 4 is 11.6 Å². The summed E-state index contributed by atoms with van der Waals surface area (Å²) in [6, 6.07) is 3.61. The van der Waals surface area contributed by atoms with Crippen molar-refractivity contribution in [3.05, 3.63) is 17.7 Å². The summed E-state index contributed by atoms with van der Waals surface area (Å²) in [5.74, 6) is 0.860. The van der Waals surface area contributed by atoms with Crippen molar-refractivity contribution < 1.29 is 14.3 Å². The highest BCUT2D eigenvalue weighted by Crippen LogP contribution is 2.32. The second kappa shape index (κ2) is 5.25. The summed E-state index contributed by atoms with van der Waals surface area (Å²) in [4.78, 5) is 10.7. The maximum absolute atomic E-state index is 10.7. The highest BCUT2D eigenvalue weighted by molar-refractivity contribution is 5.79. The Morgan fingerprint density at radius 3 is 2.38 bits per heavy atom. The third kappa shape index (κ3) is 2.79. The monoisotopic (exact) mass is 224 g/mol. The van der Waals surface area contributed by atoms with E-state index in [1.165, 1.54) is 0 Å². The van der Waals surface area contributed by atoms with Gasteiger partial charge < -0.3 is 20.5 Å². The summed E-state index contributed by atoms with van der Waals surface area (Å²) >= 11 is 0. The van der Waals surface area contributed by atoms with Gasteiger partial charge in [-0.25, -0.2) is 0 Å². The van der Waals surface area contributed by atoms with Crippen molar-refractivity contribution in [2.45, 2.75) is 6.92 Å². The van der Waals surface area contributed by atoms with Gasteiger partial charge in [0, 0.05) is 11.8 Å². The van der Waals surface area contributed by atoms with Gasteiger partial charge in [-0.05, 0) is 18.6 Å². The first-order chi connectivity index (χ1) is 7.58. The Hall–Kier alpha value is -1.91. The van der Waals surface area contributed by atoms with Crippen LogP contribution in [-0.4, -0.2) is 26.7 Å². The van der Waals surface area contributed by atoms with E-state index in [-0.39, 0.29) is 6.54 Å². The smallest absolute Gasteiger partial charge is 0.236 e. The average Bonchev–Trinajstić information content (AvgIpc) is 2.26. The number of aryl methyl sites for hydroxylation is 1. The standard InChI is InChI=1S/C11H16N2O3/c1-7-4-9(15-2)10(16-3)5-8(7)13-6-11(12)14/h4-5,13H,6H2,1-3H3,(H2,12,14). The predicted octanol–water partition coefficient (Wildman–Crippen LogP) is 0.909. The van der Waals surface area contributed by atoms with Gasteiger partial charge in [0.05, 0.1) is 20.8 Å². The first-order valence-corrected chi connectivity index (χ1v) is 4.83. The fourth-order valence-corrected chi connectivity index (χ4v) is 1.35. The van der Waals surface area contributed by atoms with E-state index >= 15 is 0 Å². The Kier molecular flexibility index (Phi) is 3.99. The molecule has 88 valence electrons. The van der Waals surface area contributed by atoms with Gasteiger partial charge in [-0.1, -0.05) is 0 Å². The highest BCUT2D eigenvalue weighted by Gasteiger charge is 2.08. The molecule has 0 aliphatic heterocycles. The van der Waals surface area contributed by atoms with Crippen LogP contribution in [0.4, 0.5) is 5.69 Å². The summed E-state index contributed by atoms with van der Waals surface area (Å²) < 4.78 is 10.3.